The maximum absolute atomic E-state index is 12.3. The topological polar surface area (TPSA) is 107 Å². The van der Waals surface area contributed by atoms with Crippen molar-refractivity contribution in [2.75, 3.05) is 24.7 Å². The molecule has 5 N–H and O–H groups in total. The first-order chi connectivity index (χ1) is 15.0. The highest BCUT2D eigenvalue weighted by atomic mass is 16.4. The number of amides is 1. The van der Waals surface area contributed by atoms with Crippen molar-refractivity contribution < 1.29 is 20.1 Å². The Bertz CT molecular complexity index is 832. The summed E-state index contributed by atoms with van der Waals surface area (Å²) in [4.78, 5) is 14.2. The molecule has 0 unspecified atom stereocenters. The van der Waals surface area contributed by atoms with Gasteiger partial charge in [-0.05, 0) is 67.5 Å². The van der Waals surface area contributed by atoms with Crippen molar-refractivity contribution in [2.45, 2.75) is 56.6 Å². The van der Waals surface area contributed by atoms with Gasteiger partial charge in [-0.1, -0.05) is 42.8 Å². The van der Waals surface area contributed by atoms with E-state index in [2.05, 4.69) is 36.4 Å². The third-order valence-electron chi connectivity index (χ3n) is 6.14. The summed E-state index contributed by atoms with van der Waals surface area (Å²) in [7, 11) is 0. The normalized spacial score (nSPS) is 16.5. The van der Waals surface area contributed by atoms with Crippen LogP contribution in [0.25, 0.3) is 0 Å². The first kappa shape index (κ1) is 23.4. The molecule has 2 aromatic rings. The maximum Gasteiger partial charge on any atom is 0.230 e. The molecule has 31 heavy (non-hydrogen) atoms. The Kier molecular flexibility index (Phi) is 8.21. The van der Waals surface area contributed by atoms with Crippen LogP contribution in [0.5, 0.6) is 0 Å². The second-order valence-electron chi connectivity index (χ2n) is 8.53. The van der Waals surface area contributed by atoms with Gasteiger partial charge >= 0.3 is 0 Å². The van der Waals surface area contributed by atoms with E-state index in [0.717, 1.165) is 43.4 Å². The number of benzene rings is 2. The standard InChI is InChI=1S/C25H34N2O4/c26-15-3-5-20-8-12-22(13-9-20)27-23(16-24(27)30)21-10-6-19(7-11-21)4-1-2-14-25(31,17-28)18-29/h6-13,23,28-29,31H,1-5,14-18,26H2/t23-/m0/s1. The molecule has 6 nitrogen and oxygen atoms in total. The fourth-order valence-corrected chi connectivity index (χ4v) is 4.03. The van der Waals surface area contributed by atoms with Gasteiger partial charge in [0.15, 0.2) is 0 Å². The van der Waals surface area contributed by atoms with Crippen LogP contribution >= 0.6 is 0 Å². The quantitative estimate of drug-likeness (QED) is 0.308. The summed E-state index contributed by atoms with van der Waals surface area (Å²) in [6, 6.07) is 16.6. The Labute approximate surface area is 184 Å². The number of unbranched alkanes of at least 4 members (excludes halogenated alkanes) is 1. The van der Waals surface area contributed by atoms with E-state index in [0.29, 0.717) is 19.4 Å². The lowest BCUT2D eigenvalue weighted by Gasteiger charge is -2.41. The third kappa shape index (κ3) is 5.92. The zero-order valence-corrected chi connectivity index (χ0v) is 18.0. The lowest BCUT2D eigenvalue weighted by atomic mass is 9.91. The summed E-state index contributed by atoms with van der Waals surface area (Å²) in [6.07, 6.45) is 5.27. The minimum atomic E-state index is -1.38. The number of hydrogen-bond acceptors (Lipinski definition) is 5. The average molecular weight is 427 g/mol. The van der Waals surface area contributed by atoms with E-state index in [4.69, 9.17) is 15.9 Å². The second kappa shape index (κ2) is 10.9. The molecule has 1 fully saturated rings. The number of β-lactam (4-membered cyclic amide) rings is 1. The second-order valence-corrected chi connectivity index (χ2v) is 8.53. The highest BCUT2D eigenvalue weighted by molar-refractivity contribution is 6.01. The first-order valence-corrected chi connectivity index (χ1v) is 11.1. The van der Waals surface area contributed by atoms with Crippen LogP contribution in [0.4, 0.5) is 5.69 Å². The molecule has 0 spiro atoms. The monoisotopic (exact) mass is 426 g/mol. The fraction of sp³-hybridized carbons (Fsp3) is 0.480. The van der Waals surface area contributed by atoms with Crippen molar-refractivity contribution in [3.63, 3.8) is 0 Å². The number of aliphatic hydroxyl groups excluding tert-OH is 2. The molecule has 1 amide bonds. The fourth-order valence-electron chi connectivity index (χ4n) is 4.03. The van der Waals surface area contributed by atoms with Gasteiger partial charge in [0.05, 0.1) is 25.7 Å². The highest BCUT2D eigenvalue weighted by Gasteiger charge is 2.38. The van der Waals surface area contributed by atoms with Crippen LogP contribution in [0, 0.1) is 0 Å². The van der Waals surface area contributed by atoms with Gasteiger partial charge in [-0.15, -0.1) is 0 Å². The number of hydrogen-bond donors (Lipinski definition) is 4. The average Bonchev–Trinajstić information content (AvgIpc) is 2.80. The number of aryl methyl sites for hydroxylation is 2. The van der Waals surface area contributed by atoms with E-state index in [1.807, 2.05) is 17.0 Å². The van der Waals surface area contributed by atoms with E-state index < -0.39 is 18.8 Å². The van der Waals surface area contributed by atoms with Crippen LogP contribution in [0.3, 0.4) is 0 Å². The van der Waals surface area contributed by atoms with Gasteiger partial charge in [0.2, 0.25) is 5.91 Å². The van der Waals surface area contributed by atoms with Gasteiger partial charge in [0, 0.05) is 5.69 Å². The third-order valence-corrected chi connectivity index (χ3v) is 6.14. The Balaban J connectivity index is 1.55. The molecule has 0 radical (unpaired) electrons. The predicted octanol–water partition coefficient (Wildman–Crippen LogP) is 2.48. The molecule has 3 rings (SSSR count). The van der Waals surface area contributed by atoms with E-state index >= 15 is 0 Å². The molecule has 6 heteroatoms. The molecule has 0 aromatic heterocycles. The number of carbonyl (C=O) groups is 1. The van der Waals surface area contributed by atoms with Gasteiger partial charge < -0.3 is 26.0 Å². The molecular formula is C25H34N2O4. The minimum Gasteiger partial charge on any atom is -0.393 e. The predicted molar refractivity (Wildman–Crippen MR) is 122 cm³/mol. The van der Waals surface area contributed by atoms with Crippen molar-refractivity contribution in [3.8, 4) is 0 Å². The van der Waals surface area contributed by atoms with Crippen LogP contribution in [0.1, 0.15) is 54.8 Å². The van der Waals surface area contributed by atoms with Gasteiger partial charge in [-0.25, -0.2) is 0 Å². The minimum absolute atomic E-state index is 0.0700. The van der Waals surface area contributed by atoms with E-state index in [9.17, 15) is 9.90 Å². The molecule has 0 saturated carbocycles. The molecule has 1 aliphatic rings. The number of carbonyl (C=O) groups excluding carboxylic acids is 1. The summed E-state index contributed by atoms with van der Waals surface area (Å²) < 4.78 is 0. The van der Waals surface area contributed by atoms with Crippen LogP contribution in [-0.4, -0.2) is 46.6 Å². The zero-order valence-electron chi connectivity index (χ0n) is 18.0. The number of anilines is 1. The summed E-state index contributed by atoms with van der Waals surface area (Å²) in [5, 5.41) is 28.2. The molecule has 2 aromatic carbocycles. The largest absolute Gasteiger partial charge is 0.393 e. The SMILES string of the molecule is NCCCc1ccc(N2C(=O)C[C@H]2c2ccc(CCCCC(O)(CO)CO)cc2)cc1. The molecule has 1 saturated heterocycles. The summed E-state index contributed by atoms with van der Waals surface area (Å²) >= 11 is 0. The van der Waals surface area contributed by atoms with Crippen molar-refractivity contribution in [1.29, 1.82) is 0 Å². The first-order valence-electron chi connectivity index (χ1n) is 11.1. The van der Waals surface area contributed by atoms with Gasteiger partial charge in [0.1, 0.15) is 5.60 Å². The smallest absolute Gasteiger partial charge is 0.230 e. The van der Waals surface area contributed by atoms with Crippen LogP contribution in [-0.2, 0) is 17.6 Å². The molecular weight excluding hydrogens is 392 g/mol. The number of nitrogens with two attached hydrogens (primary N) is 1. The Morgan fingerprint density at radius 3 is 2.03 bits per heavy atom. The lowest BCUT2D eigenvalue weighted by Crippen LogP contribution is -2.46. The van der Waals surface area contributed by atoms with Crippen LogP contribution in [0.2, 0.25) is 0 Å². The molecule has 168 valence electrons. The zero-order chi connectivity index (χ0) is 22.3. The van der Waals surface area contributed by atoms with Gasteiger partial charge in [0.25, 0.3) is 0 Å². The molecule has 1 heterocycles. The van der Waals surface area contributed by atoms with Crippen molar-refractivity contribution in [1.82, 2.24) is 0 Å². The van der Waals surface area contributed by atoms with Crippen LogP contribution in [0.15, 0.2) is 48.5 Å². The maximum atomic E-state index is 12.3. The Morgan fingerprint density at radius 1 is 0.903 bits per heavy atom. The highest BCUT2D eigenvalue weighted by Crippen LogP contribution is 2.39. The number of aliphatic hydroxyl groups is 3. The van der Waals surface area contributed by atoms with Crippen molar-refractivity contribution in [3.05, 3.63) is 65.2 Å². The summed E-state index contributed by atoms with van der Waals surface area (Å²) in [6.45, 7) is -0.172. The number of rotatable bonds is 12. The summed E-state index contributed by atoms with van der Waals surface area (Å²) in [5.41, 5.74) is 8.69. The molecule has 1 aliphatic heterocycles. The van der Waals surface area contributed by atoms with Crippen molar-refractivity contribution >= 4 is 11.6 Å². The van der Waals surface area contributed by atoms with E-state index in [1.165, 1.54) is 11.1 Å². The Morgan fingerprint density at radius 2 is 1.48 bits per heavy atom. The van der Waals surface area contributed by atoms with Crippen molar-refractivity contribution in [2.24, 2.45) is 5.73 Å². The molecule has 0 aliphatic carbocycles. The lowest BCUT2D eigenvalue weighted by molar-refractivity contribution is -0.124. The molecule has 1 atom stereocenters. The number of nitrogens with zero attached hydrogens (tertiary/aromatic N) is 1. The molecule has 0 bridgehead atoms. The van der Waals surface area contributed by atoms with Gasteiger partial charge in [-0.3, -0.25) is 4.79 Å². The Hall–Kier alpha value is -2.25. The van der Waals surface area contributed by atoms with E-state index in [-0.39, 0.29) is 11.9 Å². The van der Waals surface area contributed by atoms with Gasteiger partial charge in [-0.2, -0.15) is 0 Å². The van der Waals surface area contributed by atoms with E-state index in [1.54, 1.807) is 0 Å². The summed E-state index contributed by atoms with van der Waals surface area (Å²) in [5.74, 6) is 0.143. The van der Waals surface area contributed by atoms with Crippen LogP contribution < -0.4 is 10.6 Å².